The lowest BCUT2D eigenvalue weighted by atomic mass is 9.72. The van der Waals surface area contributed by atoms with Crippen LogP contribution in [0.5, 0.6) is 0 Å². The van der Waals surface area contributed by atoms with Crippen LogP contribution in [0.4, 0.5) is 0 Å². The number of hydrogen-bond donors (Lipinski definition) is 0. The number of benzene rings is 4. The van der Waals surface area contributed by atoms with Crippen LogP contribution in [-0.4, -0.2) is 19.9 Å². The van der Waals surface area contributed by atoms with Gasteiger partial charge in [-0.25, -0.2) is 19.9 Å². The Hall–Kier alpha value is -3.92. The third-order valence-electron chi connectivity index (χ3n) is 11.6. The Kier molecular flexibility index (Phi) is 6.35. The zero-order valence-corrected chi connectivity index (χ0v) is 30.1. The molecule has 8 rings (SSSR count). The van der Waals surface area contributed by atoms with Crippen LogP contribution in [0.15, 0.2) is 48.5 Å². The van der Waals surface area contributed by atoms with E-state index in [2.05, 4.69) is 125 Å². The molecule has 1 unspecified atom stereocenters. The maximum Gasteiger partial charge on any atom is 0.0897 e. The Balaban J connectivity index is 1.37. The van der Waals surface area contributed by atoms with Crippen LogP contribution in [0.25, 0.3) is 44.1 Å². The summed E-state index contributed by atoms with van der Waals surface area (Å²) in [5.41, 5.74) is 18.9. The van der Waals surface area contributed by atoms with E-state index < -0.39 is 0 Å². The molecule has 0 saturated carbocycles. The predicted octanol–water partition coefficient (Wildman–Crippen LogP) is 11.2. The highest BCUT2D eigenvalue weighted by Gasteiger charge is 2.56. The summed E-state index contributed by atoms with van der Waals surface area (Å²) in [7, 11) is 0. The lowest BCUT2D eigenvalue weighted by Gasteiger charge is -2.30. The fourth-order valence-electron chi connectivity index (χ4n) is 9.52. The van der Waals surface area contributed by atoms with Crippen molar-refractivity contribution in [3.05, 3.63) is 93.0 Å². The van der Waals surface area contributed by atoms with Crippen LogP contribution in [0.2, 0.25) is 0 Å². The highest BCUT2D eigenvalue weighted by atomic mass is 14.8. The Morgan fingerprint density at radius 3 is 1.09 bits per heavy atom. The largest absolute Gasteiger partial charge is 0.244 e. The van der Waals surface area contributed by atoms with Crippen molar-refractivity contribution in [1.82, 2.24) is 19.9 Å². The maximum absolute atomic E-state index is 5.32. The standard InChI is InChI=1S/C43H48N4/c1-22(2)26-13-34-33(12-25(26)7)44-37-16-29-31(18-39(37)45-34)43(20-41(29,8)9)21-42(10,11)30-17-38-40(19-32(30)43)47-36-15-28(24(5)6)27(23(3)4)14-35(36)46-38/h12-19,22-24H,20-21H2,1-11H3. The second-order valence-corrected chi connectivity index (χ2v) is 17.1. The monoisotopic (exact) mass is 620 g/mol. The van der Waals surface area contributed by atoms with Crippen LogP contribution in [0.3, 0.4) is 0 Å². The molecule has 4 nitrogen and oxygen atoms in total. The summed E-state index contributed by atoms with van der Waals surface area (Å²) in [5.74, 6) is 1.33. The number of hydrogen-bond acceptors (Lipinski definition) is 4. The van der Waals surface area contributed by atoms with Gasteiger partial charge in [-0.3, -0.25) is 0 Å². The molecule has 2 heterocycles. The van der Waals surface area contributed by atoms with Gasteiger partial charge in [0.1, 0.15) is 0 Å². The Morgan fingerprint density at radius 1 is 0.426 bits per heavy atom. The molecular formula is C43H48N4. The molecular weight excluding hydrogens is 573 g/mol. The van der Waals surface area contributed by atoms with Gasteiger partial charge in [0.15, 0.2) is 0 Å². The van der Waals surface area contributed by atoms with Gasteiger partial charge in [-0.15, -0.1) is 0 Å². The van der Waals surface area contributed by atoms with E-state index in [0.717, 1.165) is 57.0 Å². The van der Waals surface area contributed by atoms with Gasteiger partial charge in [-0.1, -0.05) is 69.2 Å². The summed E-state index contributed by atoms with van der Waals surface area (Å²) in [4.78, 5) is 21.1. The quantitative estimate of drug-likeness (QED) is 0.185. The summed E-state index contributed by atoms with van der Waals surface area (Å²) in [6.45, 7) is 25.5. The van der Waals surface area contributed by atoms with Gasteiger partial charge in [-0.05, 0) is 141 Å². The minimum atomic E-state index is -0.117. The molecule has 0 N–H and O–H groups in total. The van der Waals surface area contributed by atoms with Crippen LogP contribution in [0, 0.1) is 6.92 Å². The van der Waals surface area contributed by atoms with Gasteiger partial charge in [-0.2, -0.15) is 0 Å². The zero-order chi connectivity index (χ0) is 33.4. The molecule has 2 aliphatic carbocycles. The second-order valence-electron chi connectivity index (χ2n) is 17.1. The minimum absolute atomic E-state index is 0.00129. The third-order valence-corrected chi connectivity index (χ3v) is 11.6. The first-order valence-corrected chi connectivity index (χ1v) is 17.7. The molecule has 1 atom stereocenters. The molecule has 6 aromatic rings. The smallest absolute Gasteiger partial charge is 0.0897 e. The van der Waals surface area contributed by atoms with Crippen molar-refractivity contribution in [3.63, 3.8) is 0 Å². The van der Waals surface area contributed by atoms with E-state index in [4.69, 9.17) is 19.9 Å². The summed E-state index contributed by atoms with van der Waals surface area (Å²) < 4.78 is 0. The molecule has 2 aliphatic rings. The number of aromatic nitrogens is 4. The van der Waals surface area contributed by atoms with E-state index >= 15 is 0 Å². The van der Waals surface area contributed by atoms with Gasteiger partial charge in [0.25, 0.3) is 0 Å². The van der Waals surface area contributed by atoms with Gasteiger partial charge in [0.05, 0.1) is 44.1 Å². The summed E-state index contributed by atoms with van der Waals surface area (Å²) >= 11 is 0. The van der Waals surface area contributed by atoms with Gasteiger partial charge in [0, 0.05) is 5.41 Å². The van der Waals surface area contributed by atoms with Crippen molar-refractivity contribution < 1.29 is 0 Å². The molecule has 240 valence electrons. The van der Waals surface area contributed by atoms with Crippen molar-refractivity contribution in [2.75, 3.05) is 0 Å². The second kappa shape index (κ2) is 9.81. The lowest BCUT2D eigenvalue weighted by Crippen LogP contribution is -2.27. The van der Waals surface area contributed by atoms with Crippen molar-refractivity contribution in [2.24, 2.45) is 0 Å². The number of rotatable bonds is 3. The van der Waals surface area contributed by atoms with E-state index in [1.807, 2.05) is 0 Å². The highest BCUT2D eigenvalue weighted by molar-refractivity contribution is 5.91. The Morgan fingerprint density at radius 2 is 0.723 bits per heavy atom. The predicted molar refractivity (Wildman–Crippen MR) is 197 cm³/mol. The van der Waals surface area contributed by atoms with Crippen LogP contribution in [0.1, 0.15) is 144 Å². The van der Waals surface area contributed by atoms with Crippen LogP contribution in [-0.2, 0) is 16.2 Å². The molecule has 1 spiro atoms. The molecule has 4 aromatic carbocycles. The SMILES string of the molecule is Cc1cc2nc3cc4c(cc3nc2cc1C(C)C)C1(CC4(C)C)CC(C)(C)c2cc3nc4cc(C(C)C)c(C(C)C)cc4nc3cc21. The van der Waals surface area contributed by atoms with Crippen LogP contribution < -0.4 is 0 Å². The van der Waals surface area contributed by atoms with Crippen molar-refractivity contribution in [1.29, 1.82) is 0 Å². The van der Waals surface area contributed by atoms with Gasteiger partial charge < -0.3 is 0 Å². The fraction of sp³-hybridized carbons (Fsp3) is 0.442. The average molecular weight is 621 g/mol. The lowest BCUT2D eigenvalue weighted by molar-refractivity contribution is 0.350. The van der Waals surface area contributed by atoms with Gasteiger partial charge in [0.2, 0.25) is 0 Å². The van der Waals surface area contributed by atoms with E-state index in [9.17, 15) is 0 Å². The number of aryl methyl sites for hydroxylation is 1. The molecule has 2 aromatic heterocycles. The minimum Gasteiger partial charge on any atom is -0.244 e. The first-order valence-electron chi connectivity index (χ1n) is 17.7. The van der Waals surface area contributed by atoms with E-state index in [-0.39, 0.29) is 16.2 Å². The fourth-order valence-corrected chi connectivity index (χ4v) is 9.52. The summed E-state index contributed by atoms with van der Waals surface area (Å²) in [6, 6.07) is 18.6. The first kappa shape index (κ1) is 30.4. The topological polar surface area (TPSA) is 51.6 Å². The first-order chi connectivity index (χ1) is 22.1. The van der Waals surface area contributed by atoms with E-state index in [0.29, 0.717) is 17.8 Å². The van der Waals surface area contributed by atoms with E-state index in [1.54, 1.807) is 0 Å². The molecule has 0 radical (unpaired) electrons. The Labute approximate surface area is 279 Å². The average Bonchev–Trinajstić information content (AvgIpc) is 3.34. The molecule has 4 heteroatoms. The van der Waals surface area contributed by atoms with Crippen molar-refractivity contribution >= 4 is 44.1 Å². The molecule has 0 aliphatic heterocycles. The van der Waals surface area contributed by atoms with Gasteiger partial charge >= 0.3 is 0 Å². The summed E-state index contributed by atoms with van der Waals surface area (Å²) in [5, 5.41) is 0. The Bertz CT molecular complexity index is 2310. The van der Waals surface area contributed by atoms with Crippen LogP contribution >= 0.6 is 0 Å². The summed E-state index contributed by atoms with van der Waals surface area (Å²) in [6.07, 6.45) is 2.11. The van der Waals surface area contributed by atoms with E-state index in [1.165, 1.54) is 44.5 Å². The molecule has 0 amide bonds. The molecule has 47 heavy (non-hydrogen) atoms. The zero-order valence-electron chi connectivity index (χ0n) is 30.1. The number of fused-ring (bicyclic) bond motifs is 8. The molecule has 0 bridgehead atoms. The number of nitrogens with zero attached hydrogens (tertiary/aromatic N) is 4. The normalized spacial score (nSPS) is 19.8. The highest BCUT2D eigenvalue weighted by Crippen LogP contribution is 2.63. The molecule has 0 saturated heterocycles. The van der Waals surface area contributed by atoms with Crippen molar-refractivity contribution in [3.8, 4) is 0 Å². The molecule has 0 fully saturated rings. The van der Waals surface area contributed by atoms with Crippen molar-refractivity contribution in [2.45, 2.75) is 123 Å². The third kappa shape index (κ3) is 4.39. The maximum atomic E-state index is 5.32.